The van der Waals surface area contributed by atoms with Crippen molar-refractivity contribution in [3.8, 4) is 6.07 Å². The molecule has 0 atom stereocenters. The first-order valence-corrected chi connectivity index (χ1v) is 4.02. The van der Waals surface area contributed by atoms with E-state index in [0.717, 1.165) is 0 Å². The molecule has 0 fully saturated rings. The van der Waals surface area contributed by atoms with Crippen LogP contribution in [-0.4, -0.2) is 5.78 Å². The van der Waals surface area contributed by atoms with Gasteiger partial charge in [0.2, 0.25) is 0 Å². The number of benzene rings is 1. The van der Waals surface area contributed by atoms with Crippen LogP contribution in [0.3, 0.4) is 0 Å². The van der Waals surface area contributed by atoms with Gasteiger partial charge in [0.05, 0.1) is 6.07 Å². The molecule has 0 aliphatic rings. The molecule has 70 valence electrons. The van der Waals surface area contributed by atoms with Crippen LogP contribution in [0.5, 0.6) is 0 Å². The smallest absolute Gasteiger partial charge is 0.160 e. The lowest BCUT2D eigenvalue weighted by molar-refractivity contribution is 0.101. The van der Waals surface area contributed by atoms with Gasteiger partial charge in [0.15, 0.2) is 5.78 Å². The Kier molecular flexibility index (Phi) is 3.14. The predicted octanol–water partition coefficient (Wildman–Crippen LogP) is 2.57. The van der Waals surface area contributed by atoms with Crippen LogP contribution >= 0.6 is 0 Å². The SMILES string of the molecule is CC(=O)c1cc(F)ccc1C=CC#N. The Morgan fingerprint density at radius 1 is 1.57 bits per heavy atom. The number of Topliss-reactive ketones (excluding diaryl/α,β-unsaturated/α-hetero) is 1. The van der Waals surface area contributed by atoms with Crippen molar-refractivity contribution < 1.29 is 9.18 Å². The molecular weight excluding hydrogens is 181 g/mol. The molecule has 0 spiro atoms. The normalized spacial score (nSPS) is 10.1. The van der Waals surface area contributed by atoms with E-state index in [9.17, 15) is 9.18 Å². The number of hydrogen-bond acceptors (Lipinski definition) is 2. The van der Waals surface area contributed by atoms with Gasteiger partial charge in [-0.15, -0.1) is 0 Å². The number of nitriles is 1. The average Bonchev–Trinajstić information content (AvgIpc) is 2.15. The number of carbonyl (C=O) groups is 1. The highest BCUT2D eigenvalue weighted by atomic mass is 19.1. The summed E-state index contributed by atoms with van der Waals surface area (Å²) in [5.41, 5.74) is 0.844. The maximum absolute atomic E-state index is 12.8. The van der Waals surface area contributed by atoms with Crippen LogP contribution in [0.25, 0.3) is 6.08 Å². The number of nitrogens with zero attached hydrogens (tertiary/aromatic N) is 1. The van der Waals surface area contributed by atoms with Crippen molar-refractivity contribution in [1.82, 2.24) is 0 Å². The molecule has 0 aliphatic carbocycles. The number of ketones is 1. The standard InChI is InChI=1S/C11H8FNO/c1-8(14)11-7-10(12)5-4-9(11)3-2-6-13/h2-5,7H,1H3. The molecule has 1 rings (SSSR count). The molecule has 1 aromatic carbocycles. The van der Waals surface area contributed by atoms with Gasteiger partial charge in [-0.25, -0.2) is 4.39 Å². The Morgan fingerprint density at radius 3 is 2.86 bits per heavy atom. The maximum atomic E-state index is 12.8. The van der Waals surface area contributed by atoms with E-state index >= 15 is 0 Å². The van der Waals surface area contributed by atoms with Crippen molar-refractivity contribution in [3.63, 3.8) is 0 Å². The highest BCUT2D eigenvalue weighted by Gasteiger charge is 2.05. The van der Waals surface area contributed by atoms with Gasteiger partial charge in [-0.3, -0.25) is 4.79 Å². The molecule has 0 heterocycles. The summed E-state index contributed by atoms with van der Waals surface area (Å²) in [7, 11) is 0. The van der Waals surface area contributed by atoms with E-state index in [0.29, 0.717) is 5.56 Å². The zero-order valence-electron chi connectivity index (χ0n) is 7.62. The second-order valence-electron chi connectivity index (χ2n) is 2.75. The Bertz CT molecular complexity index is 429. The molecule has 0 aliphatic heterocycles. The molecule has 0 unspecified atom stereocenters. The van der Waals surface area contributed by atoms with Crippen LogP contribution < -0.4 is 0 Å². The first kappa shape index (κ1) is 10.1. The predicted molar refractivity (Wildman–Crippen MR) is 51.1 cm³/mol. The fraction of sp³-hybridized carbons (Fsp3) is 0.0909. The minimum atomic E-state index is -0.454. The third-order valence-electron chi connectivity index (χ3n) is 1.73. The van der Waals surface area contributed by atoms with E-state index in [1.807, 2.05) is 6.07 Å². The highest BCUT2D eigenvalue weighted by molar-refractivity contribution is 5.97. The first-order chi connectivity index (χ1) is 6.65. The van der Waals surface area contributed by atoms with E-state index in [-0.39, 0.29) is 11.3 Å². The fourth-order valence-electron chi connectivity index (χ4n) is 1.11. The van der Waals surface area contributed by atoms with Crippen LogP contribution in [0, 0.1) is 17.1 Å². The molecule has 1 aromatic rings. The lowest BCUT2D eigenvalue weighted by Crippen LogP contribution is -1.96. The minimum Gasteiger partial charge on any atom is -0.294 e. The Hall–Kier alpha value is -1.95. The molecule has 0 radical (unpaired) electrons. The van der Waals surface area contributed by atoms with Crippen molar-refractivity contribution in [2.75, 3.05) is 0 Å². The molecule has 0 N–H and O–H groups in total. The van der Waals surface area contributed by atoms with E-state index in [1.165, 1.54) is 37.3 Å². The van der Waals surface area contributed by atoms with Crippen molar-refractivity contribution in [1.29, 1.82) is 5.26 Å². The van der Waals surface area contributed by atoms with Gasteiger partial charge in [-0.2, -0.15) is 5.26 Å². The summed E-state index contributed by atoms with van der Waals surface area (Å²) in [6, 6.07) is 5.70. The molecule has 0 saturated heterocycles. The molecule has 3 heteroatoms. The van der Waals surface area contributed by atoms with Gasteiger partial charge < -0.3 is 0 Å². The van der Waals surface area contributed by atoms with Crippen molar-refractivity contribution in [3.05, 3.63) is 41.2 Å². The van der Waals surface area contributed by atoms with E-state index in [4.69, 9.17) is 5.26 Å². The lowest BCUT2D eigenvalue weighted by atomic mass is 10.0. The van der Waals surface area contributed by atoms with Crippen molar-refractivity contribution in [2.24, 2.45) is 0 Å². The summed E-state index contributed by atoms with van der Waals surface area (Å²) in [4.78, 5) is 11.1. The molecule has 0 aromatic heterocycles. The molecule has 0 saturated carbocycles. The number of hydrogen-bond donors (Lipinski definition) is 0. The van der Waals surface area contributed by atoms with E-state index < -0.39 is 5.82 Å². The molecular formula is C11H8FNO. The monoisotopic (exact) mass is 189 g/mol. The fourth-order valence-corrected chi connectivity index (χ4v) is 1.11. The highest BCUT2D eigenvalue weighted by Crippen LogP contribution is 2.13. The molecule has 0 bridgehead atoms. The summed E-state index contributed by atoms with van der Waals surface area (Å²) in [5.74, 6) is -0.675. The average molecular weight is 189 g/mol. The number of rotatable bonds is 2. The molecule has 14 heavy (non-hydrogen) atoms. The number of halogens is 1. The van der Waals surface area contributed by atoms with Crippen LogP contribution in [0.15, 0.2) is 24.3 Å². The van der Waals surface area contributed by atoms with Gasteiger partial charge in [0.1, 0.15) is 5.82 Å². The third kappa shape index (κ3) is 2.27. The number of allylic oxidation sites excluding steroid dienone is 1. The topological polar surface area (TPSA) is 40.9 Å². The Labute approximate surface area is 81.3 Å². The summed E-state index contributed by atoms with van der Waals surface area (Å²) in [6.07, 6.45) is 2.73. The summed E-state index contributed by atoms with van der Waals surface area (Å²) in [5, 5.41) is 8.32. The minimum absolute atomic E-state index is 0.220. The lowest BCUT2D eigenvalue weighted by Gasteiger charge is -2.01. The largest absolute Gasteiger partial charge is 0.294 e. The van der Waals surface area contributed by atoms with Crippen LogP contribution in [0.1, 0.15) is 22.8 Å². The second kappa shape index (κ2) is 4.33. The Balaban J connectivity index is 3.23. The van der Waals surface area contributed by atoms with Crippen LogP contribution in [-0.2, 0) is 0 Å². The second-order valence-corrected chi connectivity index (χ2v) is 2.75. The third-order valence-corrected chi connectivity index (χ3v) is 1.73. The summed E-state index contributed by atoms with van der Waals surface area (Å²) >= 11 is 0. The summed E-state index contributed by atoms with van der Waals surface area (Å²) in [6.45, 7) is 1.36. The Morgan fingerprint density at radius 2 is 2.29 bits per heavy atom. The maximum Gasteiger partial charge on any atom is 0.160 e. The van der Waals surface area contributed by atoms with Gasteiger partial charge in [0, 0.05) is 11.6 Å². The molecule has 0 amide bonds. The van der Waals surface area contributed by atoms with Gasteiger partial charge >= 0.3 is 0 Å². The van der Waals surface area contributed by atoms with E-state index in [2.05, 4.69) is 0 Å². The van der Waals surface area contributed by atoms with Gasteiger partial charge in [-0.05, 0) is 30.7 Å². The van der Waals surface area contributed by atoms with E-state index in [1.54, 1.807) is 0 Å². The summed E-state index contributed by atoms with van der Waals surface area (Å²) < 4.78 is 12.8. The van der Waals surface area contributed by atoms with Gasteiger partial charge in [-0.1, -0.05) is 6.07 Å². The zero-order chi connectivity index (χ0) is 10.6. The number of carbonyl (C=O) groups excluding carboxylic acids is 1. The van der Waals surface area contributed by atoms with Gasteiger partial charge in [0.25, 0.3) is 0 Å². The quantitative estimate of drug-likeness (QED) is 0.530. The van der Waals surface area contributed by atoms with Crippen molar-refractivity contribution >= 4 is 11.9 Å². The molecule has 2 nitrogen and oxygen atoms in total. The van der Waals surface area contributed by atoms with Crippen LogP contribution in [0.4, 0.5) is 4.39 Å². The first-order valence-electron chi connectivity index (χ1n) is 4.02. The van der Waals surface area contributed by atoms with Crippen molar-refractivity contribution in [2.45, 2.75) is 6.92 Å². The zero-order valence-corrected chi connectivity index (χ0v) is 7.62. The van der Waals surface area contributed by atoms with Crippen LogP contribution in [0.2, 0.25) is 0 Å².